The van der Waals surface area contributed by atoms with Crippen LogP contribution in [-0.2, 0) is 33.5 Å². The first-order valence-corrected chi connectivity index (χ1v) is 14.8. The number of carboxylic acid groups (broad SMARTS) is 3. The minimum absolute atomic E-state index is 0.0143. The molecule has 20 nitrogen and oxygen atoms in total. The van der Waals surface area contributed by atoms with Gasteiger partial charge in [0.05, 0.1) is 13.2 Å². The van der Waals surface area contributed by atoms with Gasteiger partial charge in [-0.25, -0.2) is 9.59 Å². The first-order valence-electron chi connectivity index (χ1n) is 14.8. The second kappa shape index (κ2) is 15.4. The lowest BCUT2D eigenvalue weighted by molar-refractivity contribution is -0.271. The molecule has 2 aromatic rings. The van der Waals surface area contributed by atoms with Gasteiger partial charge in [0.1, 0.15) is 35.9 Å². The third-order valence-electron chi connectivity index (χ3n) is 7.94. The summed E-state index contributed by atoms with van der Waals surface area (Å²) in [7, 11) is 0. The summed E-state index contributed by atoms with van der Waals surface area (Å²) in [4.78, 5) is 73.0. The number of β-lactam (4-membered cyclic amide) rings is 1. The Labute approximate surface area is 281 Å². The lowest BCUT2D eigenvalue weighted by Crippen LogP contribution is -2.81. The summed E-state index contributed by atoms with van der Waals surface area (Å²) >= 11 is 0. The maximum absolute atomic E-state index is 13.4. The molecule has 0 aromatic heterocycles. The van der Waals surface area contributed by atoms with E-state index in [4.69, 9.17) is 25.1 Å². The number of carbonyl (C=O) groups is 6. The number of ether oxygens (including phenoxy) is 3. The molecule has 7 unspecified atom stereocenters. The van der Waals surface area contributed by atoms with E-state index in [1.165, 1.54) is 48.5 Å². The normalized spacial score (nSPS) is 26.4. The zero-order valence-corrected chi connectivity index (χ0v) is 25.8. The topological polar surface area (TPSA) is 325 Å². The molecule has 9 atom stereocenters. The van der Waals surface area contributed by atoms with E-state index in [0.29, 0.717) is 0 Å². The van der Waals surface area contributed by atoms with Crippen molar-refractivity contribution in [3.8, 4) is 11.5 Å². The predicted octanol–water partition coefficient (Wildman–Crippen LogP) is -3.60. The van der Waals surface area contributed by atoms with Crippen molar-refractivity contribution >= 4 is 36.1 Å². The smallest absolute Gasteiger partial charge is 0.335 e. The van der Waals surface area contributed by atoms with E-state index in [1.807, 2.05) is 0 Å². The standard InChI is InChI=1S/C30H34N4O16/c31-17(25(41)42)9-10-48-15-5-3-14(4-6-15)19(36)24(40)33-30(32-12-35)11-34(29(30)47)18(26(43)44)13-1-7-16(8-2-13)49-28-22(39)20(37)21(38)23(50-28)27(45)46/h1-8,12,17-23,28,36-39H,9-11,31H2,(H,32,35)(H,33,40)(H,41,42)(H,43,44)(H,45,46)/t17?,18-,19?,20?,21?,22?,23?,28?,30+/m1/s1. The molecule has 0 spiro atoms. The maximum Gasteiger partial charge on any atom is 0.335 e. The van der Waals surface area contributed by atoms with Crippen LogP contribution in [0, 0.1) is 0 Å². The quantitative estimate of drug-likeness (QED) is 0.0458. The second-order valence-corrected chi connectivity index (χ2v) is 11.3. The Hall–Kier alpha value is -5.38. The van der Waals surface area contributed by atoms with E-state index in [1.54, 1.807) is 0 Å². The fourth-order valence-corrected chi connectivity index (χ4v) is 5.17. The Morgan fingerprint density at radius 1 is 0.940 bits per heavy atom. The molecule has 2 fully saturated rings. The molecule has 20 heteroatoms. The fraction of sp³-hybridized carbons (Fsp3) is 0.400. The van der Waals surface area contributed by atoms with Crippen molar-refractivity contribution in [1.82, 2.24) is 15.5 Å². The second-order valence-electron chi connectivity index (χ2n) is 11.3. The molecule has 0 saturated carbocycles. The molecular weight excluding hydrogens is 672 g/mol. The summed E-state index contributed by atoms with van der Waals surface area (Å²) in [6.07, 6.45) is -11.1. The summed E-state index contributed by atoms with van der Waals surface area (Å²) in [5.41, 5.74) is 3.38. The highest BCUT2D eigenvalue weighted by Crippen LogP contribution is 2.34. The summed E-state index contributed by atoms with van der Waals surface area (Å²) in [6, 6.07) is 7.53. The van der Waals surface area contributed by atoms with Crippen LogP contribution in [-0.4, -0.2) is 132 Å². The van der Waals surface area contributed by atoms with Crippen LogP contribution in [0.1, 0.15) is 29.7 Å². The number of nitrogens with two attached hydrogens (primary N) is 1. The highest BCUT2D eigenvalue weighted by atomic mass is 16.7. The molecular formula is C30H34N4O16. The van der Waals surface area contributed by atoms with Crippen molar-refractivity contribution in [2.45, 2.75) is 61.0 Å². The molecule has 2 heterocycles. The number of rotatable bonds is 16. The minimum Gasteiger partial charge on any atom is -0.494 e. The lowest BCUT2D eigenvalue weighted by atomic mass is 9.92. The maximum atomic E-state index is 13.4. The summed E-state index contributed by atoms with van der Waals surface area (Å²) in [6.45, 7) is -0.558. The van der Waals surface area contributed by atoms with Crippen molar-refractivity contribution in [3.63, 3.8) is 0 Å². The van der Waals surface area contributed by atoms with E-state index < -0.39 is 90.8 Å². The van der Waals surface area contributed by atoms with Crippen LogP contribution < -0.4 is 25.8 Å². The van der Waals surface area contributed by atoms with Crippen molar-refractivity contribution in [2.24, 2.45) is 5.73 Å². The first kappa shape index (κ1) is 37.4. The van der Waals surface area contributed by atoms with Crippen LogP contribution in [0.5, 0.6) is 11.5 Å². The number of carboxylic acids is 3. The molecule has 2 aliphatic heterocycles. The van der Waals surface area contributed by atoms with E-state index in [0.717, 1.165) is 4.90 Å². The zero-order valence-electron chi connectivity index (χ0n) is 25.8. The lowest BCUT2D eigenvalue weighted by Gasteiger charge is -2.50. The summed E-state index contributed by atoms with van der Waals surface area (Å²) < 4.78 is 15.9. The fourth-order valence-electron chi connectivity index (χ4n) is 5.17. The van der Waals surface area contributed by atoms with Crippen LogP contribution >= 0.6 is 0 Å². The Balaban J connectivity index is 1.41. The van der Waals surface area contributed by atoms with Crippen molar-refractivity contribution in [1.29, 1.82) is 0 Å². The number of nitrogens with one attached hydrogen (secondary N) is 2. The molecule has 4 rings (SSSR count). The number of benzene rings is 2. The summed E-state index contributed by atoms with van der Waals surface area (Å²) in [5, 5.41) is 73.1. The molecule has 3 amide bonds. The van der Waals surface area contributed by atoms with Crippen LogP contribution in [0.15, 0.2) is 48.5 Å². The van der Waals surface area contributed by atoms with E-state index in [9.17, 15) is 59.4 Å². The van der Waals surface area contributed by atoms with Gasteiger partial charge in [-0.15, -0.1) is 0 Å². The van der Waals surface area contributed by atoms with Gasteiger partial charge < -0.3 is 71.2 Å². The van der Waals surface area contributed by atoms with Crippen LogP contribution in [0.2, 0.25) is 0 Å². The van der Waals surface area contributed by atoms with E-state index in [-0.39, 0.29) is 42.1 Å². The van der Waals surface area contributed by atoms with Gasteiger partial charge in [0.25, 0.3) is 11.8 Å². The highest BCUT2D eigenvalue weighted by Gasteiger charge is 2.57. The molecule has 2 saturated heterocycles. The number of hydrogen-bond donors (Lipinski definition) is 10. The molecule has 2 aromatic carbocycles. The first-order chi connectivity index (χ1) is 23.6. The third-order valence-corrected chi connectivity index (χ3v) is 7.94. The van der Waals surface area contributed by atoms with Gasteiger partial charge >= 0.3 is 17.9 Å². The largest absolute Gasteiger partial charge is 0.494 e. The molecule has 11 N–H and O–H groups in total. The molecule has 50 heavy (non-hydrogen) atoms. The number of aliphatic hydroxyl groups excluding tert-OH is 4. The number of likely N-dealkylation sites (tertiary alicyclic amines) is 1. The van der Waals surface area contributed by atoms with Crippen LogP contribution in [0.4, 0.5) is 0 Å². The Kier molecular flexibility index (Phi) is 11.6. The van der Waals surface area contributed by atoms with Crippen molar-refractivity contribution < 1.29 is 78.7 Å². The Morgan fingerprint density at radius 3 is 2.08 bits per heavy atom. The van der Waals surface area contributed by atoms with Crippen LogP contribution in [0.25, 0.3) is 0 Å². The average Bonchev–Trinajstić information content (AvgIpc) is 3.08. The third kappa shape index (κ3) is 7.91. The number of aliphatic hydroxyl groups is 4. The number of amides is 3. The molecule has 0 aliphatic carbocycles. The van der Waals surface area contributed by atoms with E-state index >= 15 is 0 Å². The van der Waals surface area contributed by atoms with Crippen LogP contribution in [0.3, 0.4) is 0 Å². The number of aliphatic carboxylic acids is 3. The zero-order chi connectivity index (χ0) is 36.9. The number of carbonyl (C=O) groups excluding carboxylic acids is 3. The molecule has 2 aliphatic rings. The highest BCUT2D eigenvalue weighted by molar-refractivity contribution is 6.00. The number of nitrogens with zero attached hydrogens (tertiary/aromatic N) is 1. The average molecular weight is 707 g/mol. The van der Waals surface area contributed by atoms with Crippen molar-refractivity contribution in [2.75, 3.05) is 13.2 Å². The minimum atomic E-state index is -2.11. The van der Waals surface area contributed by atoms with Gasteiger partial charge in [-0.1, -0.05) is 24.3 Å². The summed E-state index contributed by atoms with van der Waals surface area (Å²) in [5.74, 6) is -6.26. The monoisotopic (exact) mass is 706 g/mol. The Morgan fingerprint density at radius 2 is 1.54 bits per heavy atom. The molecule has 0 bridgehead atoms. The number of hydrogen-bond acceptors (Lipinski definition) is 14. The van der Waals surface area contributed by atoms with Gasteiger partial charge in [0.15, 0.2) is 18.2 Å². The van der Waals surface area contributed by atoms with Gasteiger partial charge in [-0.3, -0.25) is 19.2 Å². The predicted molar refractivity (Wildman–Crippen MR) is 161 cm³/mol. The van der Waals surface area contributed by atoms with Gasteiger partial charge in [0, 0.05) is 6.42 Å². The van der Waals surface area contributed by atoms with Gasteiger partial charge in [-0.2, -0.15) is 0 Å². The molecule has 270 valence electrons. The van der Waals surface area contributed by atoms with Gasteiger partial charge in [0.2, 0.25) is 18.4 Å². The van der Waals surface area contributed by atoms with Crippen molar-refractivity contribution in [3.05, 3.63) is 59.7 Å². The van der Waals surface area contributed by atoms with Gasteiger partial charge in [-0.05, 0) is 35.4 Å². The molecule has 0 radical (unpaired) electrons. The van der Waals surface area contributed by atoms with E-state index in [2.05, 4.69) is 10.6 Å². The SMILES string of the molecule is NC(CCOc1ccc(C(O)C(=O)N[C@@]2(NC=O)CN([C@@H](C(=O)O)c3ccc(OC4OC(C(=O)O)C(O)C(O)C4O)cc3)C2=O)cc1)C(=O)O. The Bertz CT molecular complexity index is 1590.